The molecule has 2 aromatic carbocycles. The van der Waals surface area contributed by atoms with E-state index in [4.69, 9.17) is 18.6 Å². The van der Waals surface area contributed by atoms with Crippen molar-refractivity contribution in [1.82, 2.24) is 5.32 Å². The lowest BCUT2D eigenvalue weighted by Gasteiger charge is -2.09. The number of esters is 1. The minimum atomic E-state index is -0.585. The predicted octanol–water partition coefficient (Wildman–Crippen LogP) is 4.92. The first-order valence-corrected chi connectivity index (χ1v) is 11.3. The Kier molecular flexibility index (Phi) is 9.48. The molecule has 0 aliphatic carbocycles. The fraction of sp³-hybridized carbons (Fsp3) is 0.179. The second kappa shape index (κ2) is 13.2. The molecule has 3 aromatic rings. The molecule has 1 N–H and O–H groups in total. The molecule has 0 saturated heterocycles. The summed E-state index contributed by atoms with van der Waals surface area (Å²) >= 11 is 0. The summed E-state index contributed by atoms with van der Waals surface area (Å²) in [5, 5.41) is 12.0. The molecule has 1 amide bonds. The quantitative estimate of drug-likeness (QED) is 0.177. The van der Waals surface area contributed by atoms with Crippen LogP contribution in [-0.4, -0.2) is 25.6 Å². The third kappa shape index (κ3) is 7.64. The summed E-state index contributed by atoms with van der Waals surface area (Å²) in [7, 11) is 1.43. The van der Waals surface area contributed by atoms with Gasteiger partial charge in [0.2, 0.25) is 0 Å². The van der Waals surface area contributed by atoms with Crippen molar-refractivity contribution in [2.24, 2.45) is 0 Å². The van der Waals surface area contributed by atoms with E-state index in [0.29, 0.717) is 17.9 Å². The van der Waals surface area contributed by atoms with Crippen LogP contribution in [0.5, 0.6) is 17.2 Å². The molecule has 0 aliphatic heterocycles. The number of hydrogen-bond acceptors (Lipinski definition) is 7. The first-order valence-electron chi connectivity index (χ1n) is 11.3. The molecule has 1 heterocycles. The molecule has 0 saturated carbocycles. The van der Waals surface area contributed by atoms with E-state index in [-0.39, 0.29) is 23.6 Å². The average molecular weight is 487 g/mol. The maximum absolute atomic E-state index is 12.3. The van der Waals surface area contributed by atoms with Crippen molar-refractivity contribution in [3.05, 3.63) is 89.4 Å². The van der Waals surface area contributed by atoms with Gasteiger partial charge in [0.05, 0.1) is 26.5 Å². The first kappa shape index (κ1) is 25.8. The number of rotatable bonds is 11. The number of methoxy groups -OCH3 is 1. The van der Waals surface area contributed by atoms with Gasteiger partial charge in [-0.1, -0.05) is 25.1 Å². The zero-order chi connectivity index (χ0) is 25.8. The molecule has 36 heavy (non-hydrogen) atoms. The molecule has 0 fully saturated rings. The highest BCUT2D eigenvalue weighted by Crippen LogP contribution is 2.29. The Balaban J connectivity index is 1.63. The Morgan fingerprint density at radius 1 is 1.08 bits per heavy atom. The van der Waals surface area contributed by atoms with Crippen LogP contribution in [-0.2, 0) is 16.1 Å². The second-order valence-electron chi connectivity index (χ2n) is 7.51. The number of ether oxygens (including phenoxy) is 3. The van der Waals surface area contributed by atoms with Gasteiger partial charge >= 0.3 is 5.97 Å². The Hall–Kier alpha value is -4.77. The molecule has 1 aromatic heterocycles. The zero-order valence-corrected chi connectivity index (χ0v) is 20.0. The monoisotopic (exact) mass is 486 g/mol. The van der Waals surface area contributed by atoms with Gasteiger partial charge in [-0.15, -0.1) is 0 Å². The van der Waals surface area contributed by atoms with Crippen LogP contribution in [0.4, 0.5) is 0 Å². The molecule has 8 heteroatoms. The number of hydrogen-bond donors (Lipinski definition) is 1. The number of nitrogens with one attached hydrogen (secondary N) is 1. The van der Waals surface area contributed by atoms with Crippen LogP contribution >= 0.6 is 0 Å². The minimum Gasteiger partial charge on any atom is -0.494 e. The molecule has 0 bridgehead atoms. The lowest BCUT2D eigenvalue weighted by Crippen LogP contribution is -2.23. The van der Waals surface area contributed by atoms with Crippen molar-refractivity contribution in [3.8, 4) is 23.3 Å². The van der Waals surface area contributed by atoms with Gasteiger partial charge in [-0.3, -0.25) is 4.79 Å². The fourth-order valence-electron chi connectivity index (χ4n) is 3.05. The third-order valence-corrected chi connectivity index (χ3v) is 4.84. The molecule has 0 spiro atoms. The van der Waals surface area contributed by atoms with E-state index in [1.165, 1.54) is 31.6 Å². The van der Waals surface area contributed by atoms with Crippen LogP contribution in [0.25, 0.3) is 12.2 Å². The molecule has 0 atom stereocenters. The van der Waals surface area contributed by atoms with E-state index in [9.17, 15) is 14.9 Å². The van der Waals surface area contributed by atoms with Crippen molar-refractivity contribution >= 4 is 24.0 Å². The van der Waals surface area contributed by atoms with Gasteiger partial charge in [-0.05, 0) is 66.1 Å². The first-order chi connectivity index (χ1) is 17.5. The second-order valence-corrected chi connectivity index (χ2v) is 7.51. The van der Waals surface area contributed by atoms with E-state index in [1.54, 1.807) is 30.3 Å². The van der Waals surface area contributed by atoms with Crippen LogP contribution in [0, 0.1) is 11.3 Å². The Morgan fingerprint density at radius 3 is 2.53 bits per heavy atom. The molecular formula is C28H26N2O6. The number of amides is 1. The normalized spacial score (nSPS) is 11.1. The smallest absolute Gasteiger partial charge is 0.336 e. The predicted molar refractivity (Wildman–Crippen MR) is 134 cm³/mol. The maximum Gasteiger partial charge on any atom is 0.336 e. The van der Waals surface area contributed by atoms with Gasteiger partial charge in [0.15, 0.2) is 11.5 Å². The van der Waals surface area contributed by atoms with E-state index in [0.717, 1.165) is 17.7 Å². The lowest BCUT2D eigenvalue weighted by atomic mass is 10.1. The Bertz CT molecular complexity index is 1270. The number of benzene rings is 2. The highest BCUT2D eigenvalue weighted by molar-refractivity contribution is 6.01. The molecule has 184 valence electrons. The molecule has 0 aliphatic rings. The fourth-order valence-corrected chi connectivity index (χ4v) is 3.05. The van der Waals surface area contributed by atoms with Crippen molar-refractivity contribution < 1.29 is 28.2 Å². The highest BCUT2D eigenvalue weighted by atomic mass is 16.6. The number of nitriles is 1. The topological polar surface area (TPSA) is 111 Å². The summed E-state index contributed by atoms with van der Waals surface area (Å²) in [6.07, 6.45) is 6.79. The van der Waals surface area contributed by atoms with Gasteiger partial charge < -0.3 is 23.9 Å². The molecule has 0 radical (unpaired) electrons. The summed E-state index contributed by atoms with van der Waals surface area (Å²) in [5.74, 6) is 0.687. The van der Waals surface area contributed by atoms with Crippen LogP contribution in [0.15, 0.2) is 76.9 Å². The van der Waals surface area contributed by atoms with Crippen molar-refractivity contribution in [2.45, 2.75) is 19.9 Å². The summed E-state index contributed by atoms with van der Waals surface area (Å²) in [5.41, 5.74) is 1.25. The maximum atomic E-state index is 12.3. The summed E-state index contributed by atoms with van der Waals surface area (Å²) in [6.45, 7) is 2.84. The van der Waals surface area contributed by atoms with E-state index in [2.05, 4.69) is 5.32 Å². The average Bonchev–Trinajstić information content (AvgIpc) is 3.43. The lowest BCUT2D eigenvalue weighted by molar-refractivity contribution is -0.129. The van der Waals surface area contributed by atoms with Crippen LogP contribution in [0.1, 0.15) is 30.2 Å². The Morgan fingerprint density at radius 2 is 1.86 bits per heavy atom. The molecule has 0 unspecified atom stereocenters. The van der Waals surface area contributed by atoms with Gasteiger partial charge in [0.25, 0.3) is 5.91 Å². The third-order valence-electron chi connectivity index (χ3n) is 4.84. The number of carbonyl (C=O) groups excluding carboxylic acids is 2. The van der Waals surface area contributed by atoms with Gasteiger partial charge in [0.1, 0.15) is 23.2 Å². The van der Waals surface area contributed by atoms with Crippen LogP contribution < -0.4 is 19.5 Å². The minimum absolute atomic E-state index is 0.0950. The summed E-state index contributed by atoms with van der Waals surface area (Å²) in [4.78, 5) is 24.7. The van der Waals surface area contributed by atoms with E-state index >= 15 is 0 Å². The van der Waals surface area contributed by atoms with Crippen molar-refractivity contribution in [2.75, 3.05) is 13.7 Å². The van der Waals surface area contributed by atoms with Crippen LogP contribution in [0.3, 0.4) is 0 Å². The molecule has 8 nitrogen and oxygen atoms in total. The van der Waals surface area contributed by atoms with Gasteiger partial charge in [-0.25, -0.2) is 4.79 Å². The standard InChI is InChI=1S/C28H26N2O6/c1-3-14-34-23-10-6-20(7-11-23)9-13-27(31)36-25-12-8-21(17-26(25)33-2)16-22(18-29)28(32)30-19-24-5-4-15-35-24/h4-13,15-17H,3,14,19H2,1-2H3,(H,30,32)/b13-9+,22-16+. The Labute approximate surface area is 209 Å². The largest absolute Gasteiger partial charge is 0.494 e. The van der Waals surface area contributed by atoms with Gasteiger partial charge in [0, 0.05) is 6.08 Å². The van der Waals surface area contributed by atoms with Crippen molar-refractivity contribution in [1.29, 1.82) is 5.26 Å². The number of carbonyl (C=O) groups is 2. The number of furan rings is 1. The number of nitrogens with zero attached hydrogens (tertiary/aromatic N) is 1. The van der Waals surface area contributed by atoms with Gasteiger partial charge in [-0.2, -0.15) is 5.26 Å². The van der Waals surface area contributed by atoms with Crippen LogP contribution in [0.2, 0.25) is 0 Å². The summed E-state index contributed by atoms with van der Waals surface area (Å²) < 4.78 is 21.4. The van der Waals surface area contributed by atoms with E-state index < -0.39 is 11.9 Å². The molecular weight excluding hydrogens is 460 g/mol. The van der Waals surface area contributed by atoms with Crippen molar-refractivity contribution in [3.63, 3.8) is 0 Å². The molecule has 3 rings (SSSR count). The highest BCUT2D eigenvalue weighted by Gasteiger charge is 2.12. The SMILES string of the molecule is CCCOc1ccc(/C=C/C(=O)Oc2ccc(/C=C(\C#N)C(=O)NCc3ccco3)cc2OC)cc1. The summed E-state index contributed by atoms with van der Waals surface area (Å²) in [6, 6.07) is 17.4. The van der Waals surface area contributed by atoms with E-state index in [1.807, 2.05) is 37.3 Å². The zero-order valence-electron chi connectivity index (χ0n) is 20.0.